The van der Waals surface area contributed by atoms with E-state index in [0.717, 1.165) is 25.9 Å². The normalized spacial score (nSPS) is 16.9. The highest BCUT2D eigenvalue weighted by Gasteiger charge is 2.38. The van der Waals surface area contributed by atoms with Gasteiger partial charge in [0.2, 0.25) is 11.6 Å². The lowest BCUT2D eigenvalue weighted by molar-refractivity contribution is -0.142. The monoisotopic (exact) mass is 311 g/mol. The molecule has 1 aromatic heterocycles. The van der Waals surface area contributed by atoms with Gasteiger partial charge in [0.25, 0.3) is 0 Å². The number of alkyl halides is 3. The van der Waals surface area contributed by atoms with Gasteiger partial charge in [-0.05, 0) is 44.0 Å². The van der Waals surface area contributed by atoms with Crippen molar-refractivity contribution in [2.24, 2.45) is 5.92 Å². The fourth-order valence-corrected chi connectivity index (χ4v) is 2.51. The van der Waals surface area contributed by atoms with Gasteiger partial charge in [-0.3, -0.25) is 0 Å². The van der Waals surface area contributed by atoms with Crippen LogP contribution in [0.2, 0.25) is 0 Å². The predicted octanol–water partition coefficient (Wildman–Crippen LogP) is 3.03. The van der Waals surface area contributed by atoms with Crippen LogP contribution in [0.15, 0.2) is 24.3 Å². The van der Waals surface area contributed by atoms with Crippen molar-refractivity contribution in [3.05, 3.63) is 30.0 Å². The summed E-state index contributed by atoms with van der Waals surface area (Å²) in [6, 6.07) is 6.47. The van der Waals surface area contributed by atoms with E-state index in [9.17, 15) is 13.2 Å². The number of benzene rings is 1. The maximum atomic E-state index is 13.1. The molecule has 1 N–H and O–H groups in total. The second kappa shape index (κ2) is 6.08. The number of halogens is 3. The Bertz CT molecular complexity index is 654. The molecule has 1 aliphatic heterocycles. The molecule has 118 valence electrons. The predicted molar refractivity (Wildman–Crippen MR) is 75.6 cm³/mol. The van der Waals surface area contributed by atoms with E-state index in [2.05, 4.69) is 15.3 Å². The second-order valence-corrected chi connectivity index (χ2v) is 5.37. The zero-order chi connectivity index (χ0) is 15.6. The molecular weight excluding hydrogens is 295 g/mol. The number of aromatic nitrogens is 2. The number of para-hydroxylation sites is 2. The molecule has 1 aromatic carbocycles. The van der Waals surface area contributed by atoms with Crippen LogP contribution in [-0.4, -0.2) is 29.7 Å². The van der Waals surface area contributed by atoms with Crippen LogP contribution >= 0.6 is 0 Å². The maximum absolute atomic E-state index is 13.1. The van der Waals surface area contributed by atoms with E-state index in [1.807, 2.05) is 0 Å². The van der Waals surface area contributed by atoms with Crippen molar-refractivity contribution in [3.63, 3.8) is 0 Å². The van der Waals surface area contributed by atoms with E-state index in [1.54, 1.807) is 18.2 Å². The fraction of sp³-hybridized carbons (Fsp3) is 0.467. The number of hydrogen-bond acceptors (Lipinski definition) is 4. The van der Waals surface area contributed by atoms with Gasteiger partial charge in [0, 0.05) is 0 Å². The SMILES string of the molecule is FC(F)(F)c1nc2ccccc2nc1OCC1CCNCC1. The van der Waals surface area contributed by atoms with Crippen LogP contribution in [0.5, 0.6) is 5.88 Å². The number of piperidine rings is 1. The molecule has 0 radical (unpaired) electrons. The average Bonchev–Trinajstić information content (AvgIpc) is 2.52. The Morgan fingerprint density at radius 2 is 1.73 bits per heavy atom. The van der Waals surface area contributed by atoms with E-state index < -0.39 is 17.8 Å². The standard InChI is InChI=1S/C15H16F3N3O/c16-15(17,18)13-14(22-9-10-5-7-19-8-6-10)21-12-4-2-1-3-11(12)20-13/h1-4,10,19H,5-9H2. The number of nitrogens with zero attached hydrogens (tertiary/aromatic N) is 2. The van der Waals surface area contributed by atoms with Gasteiger partial charge < -0.3 is 10.1 Å². The molecule has 1 fully saturated rings. The molecule has 0 amide bonds. The largest absolute Gasteiger partial charge is 0.476 e. The highest BCUT2D eigenvalue weighted by Crippen LogP contribution is 2.35. The van der Waals surface area contributed by atoms with Crippen LogP contribution in [0.4, 0.5) is 13.2 Å². The number of nitrogens with one attached hydrogen (secondary N) is 1. The van der Waals surface area contributed by atoms with Crippen molar-refractivity contribution in [2.45, 2.75) is 19.0 Å². The third-order valence-electron chi connectivity index (χ3n) is 3.72. The Hall–Kier alpha value is -1.89. The lowest BCUT2D eigenvalue weighted by Crippen LogP contribution is -2.31. The summed E-state index contributed by atoms with van der Waals surface area (Å²) in [5.74, 6) is -0.180. The van der Waals surface area contributed by atoms with Crippen molar-refractivity contribution in [2.75, 3.05) is 19.7 Å². The third-order valence-corrected chi connectivity index (χ3v) is 3.72. The lowest BCUT2D eigenvalue weighted by atomic mass is 9.99. The Balaban J connectivity index is 1.88. The summed E-state index contributed by atoms with van der Waals surface area (Å²) in [5, 5.41) is 3.21. The summed E-state index contributed by atoms with van der Waals surface area (Å²) in [5.41, 5.74) is -0.444. The molecule has 7 heteroatoms. The van der Waals surface area contributed by atoms with Crippen LogP contribution < -0.4 is 10.1 Å². The van der Waals surface area contributed by atoms with Crippen LogP contribution in [-0.2, 0) is 6.18 Å². The van der Waals surface area contributed by atoms with Crippen LogP contribution in [0.1, 0.15) is 18.5 Å². The minimum absolute atomic E-state index is 0.212. The Morgan fingerprint density at radius 1 is 1.09 bits per heavy atom. The van der Waals surface area contributed by atoms with E-state index in [0.29, 0.717) is 5.52 Å². The third kappa shape index (κ3) is 3.30. The number of hydrogen-bond donors (Lipinski definition) is 1. The van der Waals surface area contributed by atoms with Gasteiger partial charge in [0.05, 0.1) is 17.6 Å². The van der Waals surface area contributed by atoms with E-state index >= 15 is 0 Å². The van der Waals surface area contributed by atoms with Gasteiger partial charge >= 0.3 is 6.18 Å². The lowest BCUT2D eigenvalue weighted by Gasteiger charge is -2.23. The highest BCUT2D eigenvalue weighted by atomic mass is 19.4. The summed E-state index contributed by atoms with van der Waals surface area (Å²) in [7, 11) is 0. The molecule has 0 spiro atoms. The maximum Gasteiger partial charge on any atom is 0.438 e. The van der Waals surface area contributed by atoms with E-state index in [-0.39, 0.29) is 18.0 Å². The molecule has 3 rings (SSSR count). The highest BCUT2D eigenvalue weighted by molar-refractivity contribution is 5.74. The van der Waals surface area contributed by atoms with Crippen molar-refractivity contribution < 1.29 is 17.9 Å². The van der Waals surface area contributed by atoms with Crippen LogP contribution in [0.25, 0.3) is 11.0 Å². The van der Waals surface area contributed by atoms with Gasteiger partial charge in [-0.1, -0.05) is 12.1 Å². The zero-order valence-electron chi connectivity index (χ0n) is 11.9. The van der Waals surface area contributed by atoms with Gasteiger partial charge in [0.1, 0.15) is 0 Å². The summed E-state index contributed by atoms with van der Waals surface area (Å²) < 4.78 is 44.8. The molecule has 0 aliphatic carbocycles. The first-order valence-corrected chi connectivity index (χ1v) is 7.21. The van der Waals surface area contributed by atoms with E-state index in [4.69, 9.17) is 4.74 Å². The fourth-order valence-electron chi connectivity index (χ4n) is 2.51. The second-order valence-electron chi connectivity index (χ2n) is 5.37. The van der Waals surface area contributed by atoms with Crippen molar-refractivity contribution in [1.29, 1.82) is 0 Å². The first kappa shape index (κ1) is 15.0. The topological polar surface area (TPSA) is 47.0 Å². The number of ether oxygens (including phenoxy) is 1. The minimum atomic E-state index is -4.58. The summed E-state index contributed by atoms with van der Waals surface area (Å²) in [6.45, 7) is 1.96. The average molecular weight is 311 g/mol. The van der Waals surface area contributed by atoms with Gasteiger partial charge in [-0.25, -0.2) is 9.97 Å². The van der Waals surface area contributed by atoms with Crippen molar-refractivity contribution in [1.82, 2.24) is 15.3 Å². The molecule has 2 heterocycles. The molecule has 2 aromatic rings. The summed E-state index contributed by atoms with van der Waals surface area (Å²) in [4.78, 5) is 7.69. The van der Waals surface area contributed by atoms with Crippen molar-refractivity contribution in [3.8, 4) is 5.88 Å². The van der Waals surface area contributed by atoms with Gasteiger partial charge in [-0.15, -0.1) is 0 Å². The van der Waals surface area contributed by atoms with Crippen molar-refractivity contribution >= 4 is 11.0 Å². The summed E-state index contributed by atoms with van der Waals surface area (Å²) >= 11 is 0. The number of fused-ring (bicyclic) bond motifs is 1. The Kier molecular flexibility index (Phi) is 4.15. The molecule has 0 bridgehead atoms. The number of rotatable bonds is 3. The Morgan fingerprint density at radius 3 is 2.36 bits per heavy atom. The first-order chi connectivity index (χ1) is 10.5. The molecular formula is C15H16F3N3O. The molecule has 1 aliphatic rings. The van der Waals surface area contributed by atoms with E-state index in [1.165, 1.54) is 6.07 Å². The molecule has 4 nitrogen and oxygen atoms in total. The molecule has 22 heavy (non-hydrogen) atoms. The zero-order valence-corrected chi connectivity index (χ0v) is 11.9. The van der Waals surface area contributed by atoms with Crippen LogP contribution in [0.3, 0.4) is 0 Å². The first-order valence-electron chi connectivity index (χ1n) is 7.21. The Labute approximate surface area is 125 Å². The molecule has 0 saturated carbocycles. The smallest absolute Gasteiger partial charge is 0.438 e. The van der Waals surface area contributed by atoms with Gasteiger partial charge in [-0.2, -0.15) is 13.2 Å². The van der Waals surface area contributed by atoms with Crippen LogP contribution in [0, 0.1) is 5.92 Å². The molecule has 0 atom stereocenters. The quantitative estimate of drug-likeness (QED) is 0.946. The molecule has 0 unspecified atom stereocenters. The summed E-state index contributed by atoms with van der Waals surface area (Å²) in [6.07, 6.45) is -2.80. The van der Waals surface area contributed by atoms with Gasteiger partial charge in [0.15, 0.2) is 0 Å². The molecule has 1 saturated heterocycles. The minimum Gasteiger partial charge on any atom is -0.476 e.